The van der Waals surface area contributed by atoms with Gasteiger partial charge in [0.15, 0.2) is 0 Å². The average Bonchev–Trinajstić information content (AvgIpc) is 2.83. The van der Waals surface area contributed by atoms with Crippen molar-refractivity contribution in [2.24, 2.45) is 0 Å². The quantitative estimate of drug-likeness (QED) is 0.793. The fourth-order valence-corrected chi connectivity index (χ4v) is 2.32. The molecule has 1 N–H and O–H groups in total. The summed E-state index contributed by atoms with van der Waals surface area (Å²) in [6, 6.07) is 0.324. The van der Waals surface area contributed by atoms with Crippen LogP contribution in [0.4, 0.5) is 0 Å². The third kappa shape index (κ3) is 3.03. The van der Waals surface area contributed by atoms with E-state index >= 15 is 0 Å². The molecule has 0 radical (unpaired) electrons. The first-order valence-corrected chi connectivity index (χ1v) is 6.09. The Hall–Kier alpha value is -1.43. The van der Waals surface area contributed by atoms with Crippen molar-refractivity contribution >= 4 is 5.91 Å². The number of likely N-dealkylation sites (tertiary alicyclic amines) is 1. The van der Waals surface area contributed by atoms with Crippen molar-refractivity contribution in [1.82, 2.24) is 25.2 Å². The molecule has 1 fully saturated rings. The van der Waals surface area contributed by atoms with E-state index in [0.29, 0.717) is 12.6 Å². The number of hydrogen-bond donors (Lipinski definition) is 1. The Morgan fingerprint density at radius 2 is 2.41 bits per heavy atom. The second kappa shape index (κ2) is 5.77. The van der Waals surface area contributed by atoms with Crippen molar-refractivity contribution in [1.29, 1.82) is 0 Å². The molecule has 1 saturated heterocycles. The van der Waals surface area contributed by atoms with Crippen LogP contribution < -0.4 is 5.32 Å². The standard InChI is InChI=1S/C11H19N5O/c1-12-8-10-4-2-3-6-16(10)11(17)9-15-7-5-13-14-15/h5,7,10,12H,2-4,6,8-9H2,1H3. The van der Waals surface area contributed by atoms with E-state index in [1.54, 1.807) is 17.1 Å². The first kappa shape index (κ1) is 12.0. The predicted octanol–water partition coefficient (Wildman–Crippen LogP) is -0.121. The van der Waals surface area contributed by atoms with Gasteiger partial charge in [-0.1, -0.05) is 5.21 Å². The van der Waals surface area contributed by atoms with Crippen molar-refractivity contribution in [2.75, 3.05) is 20.1 Å². The molecule has 17 heavy (non-hydrogen) atoms. The third-order valence-electron chi connectivity index (χ3n) is 3.16. The second-order valence-corrected chi connectivity index (χ2v) is 4.40. The van der Waals surface area contributed by atoms with Gasteiger partial charge in [0.1, 0.15) is 6.54 Å². The Bertz CT molecular complexity index is 349. The number of nitrogens with zero attached hydrogens (tertiary/aromatic N) is 4. The molecule has 1 aliphatic rings. The first-order chi connectivity index (χ1) is 8.31. The molecule has 0 saturated carbocycles. The Kier molecular flexibility index (Phi) is 4.08. The van der Waals surface area contributed by atoms with E-state index in [2.05, 4.69) is 15.6 Å². The van der Waals surface area contributed by atoms with Gasteiger partial charge in [0.25, 0.3) is 0 Å². The summed E-state index contributed by atoms with van der Waals surface area (Å²) in [5, 5.41) is 10.7. The normalized spacial score (nSPS) is 20.5. The molecule has 0 bridgehead atoms. The van der Waals surface area contributed by atoms with Crippen LogP contribution in [0.25, 0.3) is 0 Å². The van der Waals surface area contributed by atoms with Gasteiger partial charge in [0, 0.05) is 25.3 Å². The molecule has 1 atom stereocenters. The van der Waals surface area contributed by atoms with Gasteiger partial charge in [-0.3, -0.25) is 4.79 Å². The number of nitrogens with one attached hydrogen (secondary N) is 1. The highest BCUT2D eigenvalue weighted by Gasteiger charge is 2.26. The topological polar surface area (TPSA) is 63.1 Å². The van der Waals surface area contributed by atoms with Gasteiger partial charge in [0.05, 0.1) is 6.20 Å². The lowest BCUT2D eigenvalue weighted by Gasteiger charge is -2.35. The van der Waals surface area contributed by atoms with Crippen LogP contribution in [0.3, 0.4) is 0 Å². The molecule has 0 spiro atoms. The van der Waals surface area contributed by atoms with Gasteiger partial charge in [-0.2, -0.15) is 0 Å². The monoisotopic (exact) mass is 237 g/mol. The molecule has 6 nitrogen and oxygen atoms in total. The SMILES string of the molecule is CNCC1CCCCN1C(=O)Cn1ccnn1. The van der Waals surface area contributed by atoms with E-state index < -0.39 is 0 Å². The zero-order valence-electron chi connectivity index (χ0n) is 10.2. The molecule has 6 heteroatoms. The summed E-state index contributed by atoms with van der Waals surface area (Å²) < 4.78 is 1.58. The van der Waals surface area contributed by atoms with Crippen molar-refractivity contribution in [3.8, 4) is 0 Å². The van der Waals surface area contributed by atoms with Gasteiger partial charge >= 0.3 is 0 Å². The molecule has 2 rings (SSSR count). The third-order valence-corrected chi connectivity index (χ3v) is 3.16. The van der Waals surface area contributed by atoms with Gasteiger partial charge in [-0.05, 0) is 26.3 Å². The average molecular weight is 237 g/mol. The lowest BCUT2D eigenvalue weighted by molar-refractivity contribution is -0.135. The molecule has 1 aromatic heterocycles. The van der Waals surface area contributed by atoms with Crippen LogP contribution in [0.5, 0.6) is 0 Å². The Morgan fingerprint density at radius 3 is 3.12 bits per heavy atom. The van der Waals surface area contributed by atoms with Crippen LogP contribution in [-0.2, 0) is 11.3 Å². The number of rotatable bonds is 4. The second-order valence-electron chi connectivity index (χ2n) is 4.40. The molecule has 1 unspecified atom stereocenters. The van der Waals surface area contributed by atoms with Crippen molar-refractivity contribution in [3.05, 3.63) is 12.4 Å². The zero-order valence-corrected chi connectivity index (χ0v) is 10.2. The molecular formula is C11H19N5O. The van der Waals surface area contributed by atoms with Crippen LogP contribution in [0, 0.1) is 0 Å². The van der Waals surface area contributed by atoms with Gasteiger partial charge in [-0.25, -0.2) is 4.68 Å². The summed E-state index contributed by atoms with van der Waals surface area (Å²) in [6.45, 7) is 2.02. The number of amides is 1. The lowest BCUT2D eigenvalue weighted by atomic mass is 10.0. The number of aromatic nitrogens is 3. The fourth-order valence-electron chi connectivity index (χ4n) is 2.32. The minimum Gasteiger partial charge on any atom is -0.337 e. The van der Waals surface area contributed by atoms with Crippen LogP contribution in [0.1, 0.15) is 19.3 Å². The number of piperidine rings is 1. The van der Waals surface area contributed by atoms with Gasteiger partial charge < -0.3 is 10.2 Å². The van der Waals surface area contributed by atoms with E-state index in [0.717, 1.165) is 25.9 Å². The maximum atomic E-state index is 12.2. The van der Waals surface area contributed by atoms with Crippen molar-refractivity contribution in [2.45, 2.75) is 31.8 Å². The van der Waals surface area contributed by atoms with Gasteiger partial charge in [-0.15, -0.1) is 5.10 Å². The van der Waals surface area contributed by atoms with Crippen LogP contribution in [0.2, 0.25) is 0 Å². The summed E-state index contributed by atoms with van der Waals surface area (Å²) in [5.74, 6) is 0.135. The molecule has 0 aromatic carbocycles. The van der Waals surface area contributed by atoms with Crippen LogP contribution in [-0.4, -0.2) is 52.0 Å². The number of hydrogen-bond acceptors (Lipinski definition) is 4. The van der Waals surface area contributed by atoms with Crippen molar-refractivity contribution in [3.63, 3.8) is 0 Å². The van der Waals surface area contributed by atoms with E-state index in [1.165, 1.54) is 6.42 Å². The summed E-state index contributed by atoms with van der Waals surface area (Å²) in [7, 11) is 1.93. The lowest BCUT2D eigenvalue weighted by Crippen LogP contribution is -2.49. The smallest absolute Gasteiger partial charge is 0.244 e. The Balaban J connectivity index is 1.96. The summed E-state index contributed by atoms with van der Waals surface area (Å²) in [4.78, 5) is 14.1. The van der Waals surface area contributed by atoms with E-state index in [1.807, 2.05) is 11.9 Å². The van der Waals surface area contributed by atoms with E-state index in [9.17, 15) is 4.79 Å². The minimum atomic E-state index is 0.135. The number of carbonyl (C=O) groups excluding carboxylic acids is 1. The minimum absolute atomic E-state index is 0.135. The summed E-state index contributed by atoms with van der Waals surface area (Å²) >= 11 is 0. The molecule has 94 valence electrons. The van der Waals surface area contributed by atoms with Crippen molar-refractivity contribution < 1.29 is 4.79 Å². The maximum absolute atomic E-state index is 12.2. The highest BCUT2D eigenvalue weighted by atomic mass is 16.2. The molecule has 1 aromatic rings. The Labute approximate surface area is 101 Å². The largest absolute Gasteiger partial charge is 0.337 e. The molecular weight excluding hydrogens is 218 g/mol. The summed E-state index contributed by atoms with van der Waals surface area (Å²) in [6.07, 6.45) is 6.70. The van der Waals surface area contributed by atoms with Crippen LogP contribution in [0.15, 0.2) is 12.4 Å². The van der Waals surface area contributed by atoms with E-state index in [4.69, 9.17) is 0 Å². The predicted molar refractivity (Wildman–Crippen MR) is 63.3 cm³/mol. The number of likely N-dealkylation sites (N-methyl/N-ethyl adjacent to an activating group) is 1. The first-order valence-electron chi connectivity index (χ1n) is 6.09. The summed E-state index contributed by atoms with van der Waals surface area (Å²) in [5.41, 5.74) is 0. The highest BCUT2D eigenvalue weighted by molar-refractivity contribution is 5.76. The highest BCUT2D eigenvalue weighted by Crippen LogP contribution is 2.16. The molecule has 1 aliphatic heterocycles. The van der Waals surface area contributed by atoms with E-state index in [-0.39, 0.29) is 5.91 Å². The Morgan fingerprint density at radius 1 is 1.53 bits per heavy atom. The number of carbonyl (C=O) groups is 1. The zero-order chi connectivity index (χ0) is 12.1. The molecule has 1 amide bonds. The fraction of sp³-hybridized carbons (Fsp3) is 0.727. The van der Waals surface area contributed by atoms with Crippen LogP contribution >= 0.6 is 0 Å². The van der Waals surface area contributed by atoms with Gasteiger partial charge in [0.2, 0.25) is 5.91 Å². The molecule has 2 heterocycles. The maximum Gasteiger partial charge on any atom is 0.244 e. The molecule has 0 aliphatic carbocycles.